The third-order valence-electron chi connectivity index (χ3n) is 5.83. The van der Waals surface area contributed by atoms with Gasteiger partial charge in [0.25, 0.3) is 5.91 Å². The topological polar surface area (TPSA) is 70.6 Å². The van der Waals surface area contributed by atoms with E-state index in [1.807, 2.05) is 19.1 Å². The first-order valence-electron chi connectivity index (χ1n) is 12.3. The normalized spacial score (nSPS) is 12.7. The zero-order valence-corrected chi connectivity index (χ0v) is 20.8. The summed E-state index contributed by atoms with van der Waals surface area (Å²) in [5.74, 6) is -1.15. The minimum Gasteiger partial charge on any atom is -0.494 e. The minimum atomic E-state index is -0.998. The molecule has 2 atom stereocenters. The van der Waals surface area contributed by atoms with Crippen LogP contribution in [0.25, 0.3) is 0 Å². The quantitative estimate of drug-likeness (QED) is 0.318. The van der Waals surface area contributed by atoms with Crippen LogP contribution in [0.1, 0.15) is 47.3 Å². The monoisotopic (exact) mass is 496 g/mol. The number of halogens is 2. The molecular weight excluding hydrogens is 462 g/mol. The third-order valence-corrected chi connectivity index (χ3v) is 5.83. The molecule has 0 bridgehead atoms. The highest BCUT2D eigenvalue weighted by atomic mass is 19.1. The third kappa shape index (κ3) is 8.43. The lowest BCUT2D eigenvalue weighted by Crippen LogP contribution is -2.48. The molecule has 0 radical (unpaired) electrons. The molecule has 0 aliphatic heterocycles. The number of aryl methyl sites for hydroxylation is 1. The smallest absolute Gasteiger partial charge is 0.251 e. The van der Waals surface area contributed by atoms with Gasteiger partial charge in [-0.1, -0.05) is 38.1 Å². The number of rotatable bonds is 13. The van der Waals surface area contributed by atoms with Crippen molar-refractivity contribution in [3.8, 4) is 5.75 Å². The summed E-state index contributed by atoms with van der Waals surface area (Å²) in [5.41, 5.74) is 3.04. The number of aliphatic hydroxyl groups excluding tert-OH is 1. The van der Waals surface area contributed by atoms with Gasteiger partial charge in [0.1, 0.15) is 17.4 Å². The summed E-state index contributed by atoms with van der Waals surface area (Å²) in [6.45, 7) is 5.40. The standard InChI is InChI=1S/C29H34F2N2O3/c1-3-12-36-26-10-8-23(9-11-26)29(35)33-27(16-22-14-24(30)17-25(31)15-22)28(34)19-32-18-21-7-5-6-20(4-2)13-21/h5-11,13-15,17,27-28,32,34H,3-4,12,16,18-19H2,1-2H3,(H,33,35). The van der Waals surface area contributed by atoms with E-state index in [0.29, 0.717) is 30.0 Å². The average Bonchev–Trinajstić information content (AvgIpc) is 2.86. The van der Waals surface area contributed by atoms with Crippen molar-refractivity contribution < 1.29 is 23.4 Å². The Kier molecular flexibility index (Phi) is 10.4. The summed E-state index contributed by atoms with van der Waals surface area (Å²) in [6, 6.07) is 17.3. The van der Waals surface area contributed by atoms with E-state index in [9.17, 15) is 18.7 Å². The molecule has 0 aromatic heterocycles. The predicted octanol–water partition coefficient (Wildman–Crippen LogP) is 4.81. The van der Waals surface area contributed by atoms with Gasteiger partial charge in [0, 0.05) is 24.7 Å². The van der Waals surface area contributed by atoms with Gasteiger partial charge in [-0.2, -0.15) is 0 Å². The van der Waals surface area contributed by atoms with Crippen molar-refractivity contribution >= 4 is 5.91 Å². The van der Waals surface area contributed by atoms with Crippen molar-refractivity contribution in [2.24, 2.45) is 0 Å². The molecule has 0 fully saturated rings. The largest absolute Gasteiger partial charge is 0.494 e. The van der Waals surface area contributed by atoms with E-state index < -0.39 is 29.7 Å². The molecule has 1 amide bonds. The number of hydrogen-bond donors (Lipinski definition) is 3. The second-order valence-electron chi connectivity index (χ2n) is 8.81. The maximum Gasteiger partial charge on any atom is 0.251 e. The number of ether oxygens (including phenoxy) is 1. The number of aliphatic hydroxyl groups is 1. The minimum absolute atomic E-state index is 0.0618. The number of carbonyl (C=O) groups is 1. The van der Waals surface area contributed by atoms with Crippen LogP contribution in [0.3, 0.4) is 0 Å². The van der Waals surface area contributed by atoms with Gasteiger partial charge in [-0.15, -0.1) is 0 Å². The summed E-state index contributed by atoms with van der Waals surface area (Å²) in [4.78, 5) is 12.9. The van der Waals surface area contributed by atoms with E-state index in [-0.39, 0.29) is 13.0 Å². The number of nitrogens with one attached hydrogen (secondary N) is 2. The zero-order valence-electron chi connectivity index (χ0n) is 20.8. The Bertz CT molecular complexity index is 1100. The average molecular weight is 497 g/mol. The Morgan fingerprint density at radius 3 is 2.31 bits per heavy atom. The van der Waals surface area contributed by atoms with Crippen molar-refractivity contribution in [3.05, 3.63) is 101 Å². The number of amides is 1. The van der Waals surface area contributed by atoms with Crippen LogP contribution >= 0.6 is 0 Å². The number of hydrogen-bond acceptors (Lipinski definition) is 4. The van der Waals surface area contributed by atoms with Gasteiger partial charge in [-0.05, 0) is 72.4 Å². The number of benzene rings is 3. The van der Waals surface area contributed by atoms with E-state index in [2.05, 4.69) is 29.7 Å². The molecule has 0 aliphatic rings. The first-order chi connectivity index (χ1) is 17.4. The Morgan fingerprint density at radius 2 is 1.64 bits per heavy atom. The van der Waals surface area contributed by atoms with Crippen LogP contribution in [0, 0.1) is 11.6 Å². The fraction of sp³-hybridized carbons (Fsp3) is 0.345. The fourth-order valence-electron chi connectivity index (χ4n) is 3.91. The fourth-order valence-corrected chi connectivity index (χ4v) is 3.91. The highest BCUT2D eigenvalue weighted by Gasteiger charge is 2.23. The molecule has 192 valence electrons. The van der Waals surface area contributed by atoms with E-state index in [1.54, 1.807) is 24.3 Å². The van der Waals surface area contributed by atoms with Crippen LogP contribution < -0.4 is 15.4 Å². The van der Waals surface area contributed by atoms with Crippen LogP contribution in [0.15, 0.2) is 66.7 Å². The Morgan fingerprint density at radius 1 is 0.944 bits per heavy atom. The SMILES string of the molecule is CCCOc1ccc(C(=O)NC(Cc2cc(F)cc(F)c2)C(O)CNCc2cccc(CC)c2)cc1. The van der Waals surface area contributed by atoms with Crippen LogP contribution in [-0.4, -0.2) is 36.3 Å². The lowest BCUT2D eigenvalue weighted by atomic mass is 10.00. The molecule has 36 heavy (non-hydrogen) atoms. The Hall–Kier alpha value is -3.29. The van der Waals surface area contributed by atoms with Gasteiger partial charge < -0.3 is 20.5 Å². The van der Waals surface area contributed by atoms with Gasteiger partial charge >= 0.3 is 0 Å². The summed E-state index contributed by atoms with van der Waals surface area (Å²) in [6.07, 6.45) is 0.870. The molecule has 0 saturated heterocycles. The van der Waals surface area contributed by atoms with Crippen LogP contribution in [0.2, 0.25) is 0 Å². The molecule has 0 saturated carbocycles. The first-order valence-corrected chi connectivity index (χ1v) is 12.3. The second-order valence-corrected chi connectivity index (χ2v) is 8.81. The molecule has 3 aromatic carbocycles. The highest BCUT2D eigenvalue weighted by molar-refractivity contribution is 5.94. The Labute approximate surface area is 211 Å². The molecule has 2 unspecified atom stereocenters. The van der Waals surface area contributed by atoms with E-state index >= 15 is 0 Å². The summed E-state index contributed by atoms with van der Waals surface area (Å²) < 4.78 is 33.1. The molecule has 0 spiro atoms. The lowest BCUT2D eigenvalue weighted by molar-refractivity contribution is 0.0830. The molecule has 0 heterocycles. The van der Waals surface area contributed by atoms with Crippen molar-refractivity contribution in [1.29, 1.82) is 0 Å². The van der Waals surface area contributed by atoms with Crippen molar-refractivity contribution in [3.63, 3.8) is 0 Å². The summed E-state index contributed by atoms with van der Waals surface area (Å²) in [7, 11) is 0. The molecule has 3 N–H and O–H groups in total. The highest BCUT2D eigenvalue weighted by Crippen LogP contribution is 2.15. The van der Waals surface area contributed by atoms with Gasteiger partial charge in [0.2, 0.25) is 0 Å². The summed E-state index contributed by atoms with van der Waals surface area (Å²) >= 11 is 0. The van der Waals surface area contributed by atoms with Crippen molar-refractivity contribution in [2.45, 2.75) is 51.8 Å². The predicted molar refractivity (Wildman–Crippen MR) is 137 cm³/mol. The maximum absolute atomic E-state index is 13.8. The van der Waals surface area contributed by atoms with Crippen LogP contribution in [0.4, 0.5) is 8.78 Å². The van der Waals surface area contributed by atoms with Gasteiger partial charge in [0.15, 0.2) is 0 Å². The first kappa shape index (κ1) is 27.3. The zero-order chi connectivity index (χ0) is 25.9. The van der Waals surface area contributed by atoms with E-state index in [1.165, 1.54) is 17.7 Å². The van der Waals surface area contributed by atoms with Crippen LogP contribution in [0.5, 0.6) is 5.75 Å². The van der Waals surface area contributed by atoms with E-state index in [0.717, 1.165) is 24.5 Å². The molecule has 3 aromatic rings. The number of carbonyl (C=O) groups excluding carboxylic acids is 1. The van der Waals surface area contributed by atoms with Gasteiger partial charge in [-0.3, -0.25) is 4.79 Å². The lowest BCUT2D eigenvalue weighted by Gasteiger charge is -2.25. The molecule has 3 rings (SSSR count). The van der Waals surface area contributed by atoms with E-state index in [4.69, 9.17) is 4.74 Å². The molecule has 0 aliphatic carbocycles. The Balaban J connectivity index is 1.69. The molecule has 5 nitrogen and oxygen atoms in total. The summed E-state index contributed by atoms with van der Waals surface area (Å²) in [5, 5.41) is 17.0. The van der Waals surface area contributed by atoms with Crippen molar-refractivity contribution in [1.82, 2.24) is 10.6 Å². The molecular formula is C29H34F2N2O3. The van der Waals surface area contributed by atoms with Gasteiger partial charge in [0.05, 0.1) is 18.8 Å². The van der Waals surface area contributed by atoms with Gasteiger partial charge in [-0.25, -0.2) is 8.78 Å². The molecule has 7 heteroatoms. The second kappa shape index (κ2) is 13.7. The van der Waals surface area contributed by atoms with Crippen molar-refractivity contribution in [2.75, 3.05) is 13.2 Å². The maximum atomic E-state index is 13.8. The van der Waals surface area contributed by atoms with Crippen LogP contribution in [-0.2, 0) is 19.4 Å².